The summed E-state index contributed by atoms with van der Waals surface area (Å²) in [5, 5.41) is 9.64. The van der Waals surface area contributed by atoms with Crippen LogP contribution in [0.5, 0.6) is 0 Å². The molecule has 2 aromatic carbocycles. The van der Waals surface area contributed by atoms with Crippen LogP contribution in [-0.4, -0.2) is 29.7 Å². The average Bonchev–Trinajstić information content (AvgIpc) is 3.06. The maximum Gasteiger partial charge on any atom is 0.282 e. The Morgan fingerprint density at radius 2 is 1.77 bits per heavy atom. The molecule has 1 N–H and O–H groups in total. The van der Waals surface area contributed by atoms with Crippen LogP contribution in [0.4, 0.5) is 5.69 Å². The summed E-state index contributed by atoms with van der Waals surface area (Å²) in [6, 6.07) is 13.3. The van der Waals surface area contributed by atoms with Crippen molar-refractivity contribution in [1.29, 1.82) is 0 Å². The number of nitrogens with one attached hydrogen (secondary N) is 1. The molecule has 2 aromatic rings. The number of rotatable bonds is 4. The number of amides is 1. The smallest absolute Gasteiger partial charge is 0.282 e. The maximum atomic E-state index is 13.1. The number of nitrogens with zero attached hydrogens (tertiary/aromatic N) is 3. The van der Waals surface area contributed by atoms with Crippen molar-refractivity contribution < 1.29 is 4.79 Å². The predicted molar refractivity (Wildman–Crippen MR) is 133 cm³/mol. The molecule has 31 heavy (non-hydrogen) atoms. The molecule has 2 atom stereocenters. The average molecular weight is 547 g/mol. The van der Waals surface area contributed by atoms with Gasteiger partial charge in [-0.1, -0.05) is 64.6 Å². The molecule has 5 nitrogen and oxygen atoms in total. The summed E-state index contributed by atoms with van der Waals surface area (Å²) in [7, 11) is 0. The van der Waals surface area contributed by atoms with Gasteiger partial charge in [0.05, 0.1) is 16.8 Å². The second kappa shape index (κ2) is 10.5. The second-order valence-electron chi connectivity index (χ2n) is 7.70. The molecule has 2 unspecified atom stereocenters. The van der Waals surface area contributed by atoms with Gasteiger partial charge < -0.3 is 0 Å². The maximum absolute atomic E-state index is 13.1. The number of carbonyl (C=O) groups is 1. The van der Waals surface area contributed by atoms with Crippen LogP contribution in [0.1, 0.15) is 37.8 Å². The van der Waals surface area contributed by atoms with Gasteiger partial charge in [0.25, 0.3) is 5.91 Å². The number of carbonyl (C=O) groups excluding carboxylic acids is 1. The lowest BCUT2D eigenvalue weighted by atomic mass is 9.91. The zero-order valence-corrected chi connectivity index (χ0v) is 20.9. The van der Waals surface area contributed by atoms with Crippen LogP contribution in [0.3, 0.4) is 0 Å². The first-order chi connectivity index (χ1) is 14.4. The third-order valence-electron chi connectivity index (χ3n) is 5.60. The summed E-state index contributed by atoms with van der Waals surface area (Å²) in [4.78, 5) is 13.1. The normalized spacial score (nSPS) is 21.4. The minimum Gasteiger partial charge on any atom is -0.284 e. The fraction of sp³-hybridized carbons (Fsp3) is 0.364. The van der Waals surface area contributed by atoms with Crippen LogP contribution in [0.15, 0.2) is 52.0 Å². The molecule has 0 saturated carbocycles. The van der Waals surface area contributed by atoms with Gasteiger partial charge in [-0.3, -0.25) is 15.2 Å². The Kier molecular flexibility index (Phi) is 8.27. The molecule has 1 fully saturated rings. The molecule has 0 aliphatic carbocycles. The Morgan fingerprint density at radius 1 is 1.10 bits per heavy atom. The highest BCUT2D eigenvalue weighted by atomic mass is 79.9. The molecule has 0 radical (unpaired) electrons. The SMILES string of the molecule is CC1C(C(=O)NN2CCCCC2)=NN(c2ccc(Cl)cc2Cl)C1c1ccc(Br)cc1.Cl. The minimum absolute atomic E-state index is 0. The summed E-state index contributed by atoms with van der Waals surface area (Å²) in [5.41, 5.74) is 5.32. The van der Waals surface area contributed by atoms with E-state index in [1.807, 2.05) is 47.3 Å². The Balaban J connectivity index is 0.00000272. The van der Waals surface area contributed by atoms with E-state index in [4.69, 9.17) is 28.3 Å². The van der Waals surface area contributed by atoms with Crippen molar-refractivity contribution in [2.24, 2.45) is 11.0 Å². The van der Waals surface area contributed by atoms with Crippen molar-refractivity contribution in [2.45, 2.75) is 32.2 Å². The number of hydrazine groups is 1. The van der Waals surface area contributed by atoms with Gasteiger partial charge in [-0.2, -0.15) is 5.10 Å². The highest BCUT2D eigenvalue weighted by Crippen LogP contribution is 2.42. The van der Waals surface area contributed by atoms with Crippen LogP contribution in [-0.2, 0) is 4.79 Å². The summed E-state index contributed by atoms with van der Waals surface area (Å²) in [6.45, 7) is 3.78. The van der Waals surface area contributed by atoms with E-state index in [1.165, 1.54) is 6.42 Å². The first kappa shape index (κ1) is 24.3. The van der Waals surface area contributed by atoms with Gasteiger partial charge in [0, 0.05) is 28.5 Å². The number of hydrogen-bond acceptors (Lipinski definition) is 4. The van der Waals surface area contributed by atoms with Crippen LogP contribution in [0.25, 0.3) is 0 Å². The minimum atomic E-state index is -0.154. The zero-order valence-electron chi connectivity index (χ0n) is 17.0. The van der Waals surface area contributed by atoms with Crippen molar-refractivity contribution in [3.05, 3.63) is 62.5 Å². The summed E-state index contributed by atoms with van der Waals surface area (Å²) in [6.07, 6.45) is 3.39. The summed E-state index contributed by atoms with van der Waals surface area (Å²) >= 11 is 16.1. The molecular formula is C22H24BrCl3N4O. The number of benzene rings is 2. The van der Waals surface area contributed by atoms with E-state index in [9.17, 15) is 4.79 Å². The topological polar surface area (TPSA) is 47.9 Å². The number of hydrazone groups is 1. The fourth-order valence-corrected chi connectivity index (χ4v) is 4.81. The van der Waals surface area contributed by atoms with E-state index >= 15 is 0 Å². The molecule has 9 heteroatoms. The third-order valence-corrected chi connectivity index (χ3v) is 6.67. The molecule has 0 aromatic heterocycles. The Bertz CT molecular complexity index is 964. The Morgan fingerprint density at radius 3 is 2.42 bits per heavy atom. The number of piperidine rings is 1. The van der Waals surface area contributed by atoms with Gasteiger partial charge in [0.2, 0.25) is 0 Å². The lowest BCUT2D eigenvalue weighted by Gasteiger charge is -2.28. The van der Waals surface area contributed by atoms with E-state index in [1.54, 1.807) is 12.1 Å². The lowest BCUT2D eigenvalue weighted by Crippen LogP contribution is -2.48. The van der Waals surface area contributed by atoms with E-state index in [0.29, 0.717) is 15.8 Å². The molecule has 1 amide bonds. The molecule has 2 aliphatic rings. The monoisotopic (exact) mass is 544 g/mol. The van der Waals surface area contributed by atoms with Crippen molar-refractivity contribution in [2.75, 3.05) is 18.1 Å². The predicted octanol–water partition coefficient (Wildman–Crippen LogP) is 6.25. The summed E-state index contributed by atoms with van der Waals surface area (Å²) < 4.78 is 0.997. The van der Waals surface area contributed by atoms with Crippen LogP contribution >= 0.6 is 51.5 Å². The third kappa shape index (κ3) is 5.37. The summed E-state index contributed by atoms with van der Waals surface area (Å²) in [5.74, 6) is -0.276. The van der Waals surface area contributed by atoms with Crippen LogP contribution in [0.2, 0.25) is 10.0 Å². The fourth-order valence-electron chi connectivity index (χ4n) is 4.05. The molecule has 4 rings (SSSR count). The Hall–Kier alpha value is -1.31. The zero-order chi connectivity index (χ0) is 21.3. The quantitative estimate of drug-likeness (QED) is 0.493. The first-order valence-electron chi connectivity index (χ1n) is 10.1. The molecule has 2 heterocycles. The lowest BCUT2D eigenvalue weighted by molar-refractivity contribution is -0.120. The van der Waals surface area contributed by atoms with Gasteiger partial charge in [0.15, 0.2) is 0 Å². The van der Waals surface area contributed by atoms with Gasteiger partial charge in [-0.05, 0) is 48.7 Å². The second-order valence-corrected chi connectivity index (χ2v) is 9.46. The van der Waals surface area contributed by atoms with Crippen molar-refractivity contribution >= 4 is 68.8 Å². The van der Waals surface area contributed by atoms with Gasteiger partial charge in [0.1, 0.15) is 5.71 Å². The molecular weight excluding hydrogens is 523 g/mol. The number of anilines is 1. The van der Waals surface area contributed by atoms with Crippen LogP contribution in [0, 0.1) is 5.92 Å². The van der Waals surface area contributed by atoms with E-state index in [-0.39, 0.29) is 30.3 Å². The standard InChI is InChI=1S/C22H23BrCl2N4O.ClH/c1-14-20(22(30)27-28-11-3-2-4-12-28)26-29(19-10-9-17(24)13-18(19)25)21(14)15-5-7-16(23)8-6-15;/h5-10,13-14,21H,2-4,11-12H2,1H3,(H,27,30);1H. The van der Waals surface area contributed by atoms with Crippen molar-refractivity contribution in [3.8, 4) is 0 Å². The molecule has 166 valence electrons. The molecule has 2 aliphatic heterocycles. The van der Waals surface area contributed by atoms with Gasteiger partial charge >= 0.3 is 0 Å². The first-order valence-corrected chi connectivity index (χ1v) is 11.6. The van der Waals surface area contributed by atoms with E-state index in [0.717, 1.165) is 41.7 Å². The molecule has 0 bridgehead atoms. The Labute approximate surface area is 207 Å². The van der Waals surface area contributed by atoms with Crippen molar-refractivity contribution in [3.63, 3.8) is 0 Å². The number of halogens is 4. The van der Waals surface area contributed by atoms with Crippen molar-refractivity contribution in [1.82, 2.24) is 10.4 Å². The van der Waals surface area contributed by atoms with E-state index < -0.39 is 0 Å². The van der Waals surface area contributed by atoms with Gasteiger partial charge in [-0.15, -0.1) is 12.4 Å². The molecule has 1 saturated heterocycles. The largest absolute Gasteiger partial charge is 0.284 e. The van der Waals surface area contributed by atoms with E-state index in [2.05, 4.69) is 21.4 Å². The van der Waals surface area contributed by atoms with Crippen LogP contribution < -0.4 is 10.4 Å². The molecule has 0 spiro atoms. The highest BCUT2D eigenvalue weighted by molar-refractivity contribution is 9.10. The number of hydrogen-bond donors (Lipinski definition) is 1. The highest BCUT2D eigenvalue weighted by Gasteiger charge is 2.40. The van der Waals surface area contributed by atoms with Gasteiger partial charge in [-0.25, -0.2) is 5.01 Å².